The minimum absolute atomic E-state index is 0.165. The second-order valence-electron chi connectivity index (χ2n) is 6.17. The Morgan fingerprint density at radius 3 is 1.52 bits per heavy atom. The molecule has 5 N–H and O–H groups in total. The Kier molecular flexibility index (Phi) is 9.60. The monoisotopic (exact) mass is 308 g/mol. The third kappa shape index (κ3) is 5.47. The number of hydrogen-bond donors (Lipinski definition) is 5. The Morgan fingerprint density at radius 2 is 1.14 bits per heavy atom. The van der Waals surface area contributed by atoms with Crippen LogP contribution < -0.4 is 0 Å². The summed E-state index contributed by atoms with van der Waals surface area (Å²) in [7, 11) is 1.46. The molecule has 0 aromatic carbocycles. The molecule has 21 heavy (non-hydrogen) atoms. The van der Waals surface area contributed by atoms with E-state index in [2.05, 4.69) is 0 Å². The molecular formula is C15H32O6. The lowest BCUT2D eigenvalue weighted by Gasteiger charge is -2.36. The van der Waals surface area contributed by atoms with Crippen LogP contribution in [-0.4, -0.2) is 70.3 Å². The number of aliphatic hydroxyl groups excluding tert-OH is 5. The first-order valence-electron chi connectivity index (χ1n) is 7.51. The van der Waals surface area contributed by atoms with Crippen molar-refractivity contribution < 1.29 is 30.3 Å². The third-order valence-corrected chi connectivity index (χ3v) is 4.63. The summed E-state index contributed by atoms with van der Waals surface area (Å²) in [6.07, 6.45) is -3.17. The normalized spacial score (nSPS) is 23.7. The molecule has 0 aromatic heterocycles. The molecule has 0 amide bonds. The van der Waals surface area contributed by atoms with Gasteiger partial charge in [0.05, 0.1) is 31.0 Å². The Hall–Kier alpha value is -0.240. The fourth-order valence-electron chi connectivity index (χ4n) is 2.66. The average molecular weight is 308 g/mol. The highest BCUT2D eigenvalue weighted by Gasteiger charge is 2.36. The SMILES string of the molecule is COC(CO)[C@@H](C)[C@@H](O)[C@H](C)[C@H](O)[C@H](C)[C@@H](O)[C@@H](C)CO. The van der Waals surface area contributed by atoms with Crippen LogP contribution in [0.2, 0.25) is 0 Å². The van der Waals surface area contributed by atoms with Gasteiger partial charge in [0.1, 0.15) is 0 Å². The number of hydrogen-bond acceptors (Lipinski definition) is 6. The van der Waals surface area contributed by atoms with Crippen molar-refractivity contribution in [3.8, 4) is 0 Å². The summed E-state index contributed by atoms with van der Waals surface area (Å²) >= 11 is 0. The van der Waals surface area contributed by atoms with Gasteiger partial charge >= 0.3 is 0 Å². The summed E-state index contributed by atoms with van der Waals surface area (Å²) in [6, 6.07) is 0. The van der Waals surface area contributed by atoms with Gasteiger partial charge < -0.3 is 30.3 Å². The fraction of sp³-hybridized carbons (Fsp3) is 1.00. The number of rotatable bonds is 10. The Bertz CT molecular complexity index is 271. The van der Waals surface area contributed by atoms with Crippen LogP contribution in [0.25, 0.3) is 0 Å². The first-order chi connectivity index (χ1) is 9.72. The molecule has 0 saturated heterocycles. The van der Waals surface area contributed by atoms with Crippen LogP contribution in [0.1, 0.15) is 27.7 Å². The zero-order valence-electron chi connectivity index (χ0n) is 13.7. The molecule has 0 bridgehead atoms. The van der Waals surface area contributed by atoms with Crippen molar-refractivity contribution in [1.29, 1.82) is 0 Å². The molecule has 1 unspecified atom stereocenters. The smallest absolute Gasteiger partial charge is 0.0852 e. The van der Waals surface area contributed by atoms with Crippen LogP contribution in [0.3, 0.4) is 0 Å². The molecule has 0 aliphatic rings. The van der Waals surface area contributed by atoms with E-state index in [1.165, 1.54) is 7.11 Å². The largest absolute Gasteiger partial charge is 0.396 e. The van der Waals surface area contributed by atoms with Crippen molar-refractivity contribution in [2.24, 2.45) is 23.7 Å². The minimum Gasteiger partial charge on any atom is -0.396 e. The number of ether oxygens (including phenoxy) is 1. The first kappa shape index (κ1) is 20.8. The standard InChI is InChI=1S/C15H32O6/c1-8(6-16)13(18)10(3)15(20)11(4)14(19)9(2)12(7-17)21-5/h8-20H,6-7H2,1-5H3/t8-,9+,10+,11-,12?,13-,14+,15+/m0/s1. The molecule has 0 radical (unpaired) electrons. The maximum Gasteiger partial charge on any atom is 0.0852 e. The summed E-state index contributed by atoms with van der Waals surface area (Å²) in [5.41, 5.74) is 0. The Balaban J connectivity index is 4.78. The van der Waals surface area contributed by atoms with Gasteiger partial charge in [-0.05, 0) is 0 Å². The van der Waals surface area contributed by atoms with E-state index >= 15 is 0 Å². The quantitative estimate of drug-likeness (QED) is 0.376. The van der Waals surface area contributed by atoms with E-state index < -0.39 is 36.3 Å². The molecule has 0 saturated carbocycles. The zero-order chi connectivity index (χ0) is 16.7. The van der Waals surface area contributed by atoms with Crippen molar-refractivity contribution in [3.63, 3.8) is 0 Å². The third-order valence-electron chi connectivity index (χ3n) is 4.63. The van der Waals surface area contributed by atoms with Crippen LogP contribution in [0.15, 0.2) is 0 Å². The minimum atomic E-state index is -0.928. The highest BCUT2D eigenvalue weighted by atomic mass is 16.5. The van der Waals surface area contributed by atoms with E-state index in [-0.39, 0.29) is 25.0 Å². The summed E-state index contributed by atoms with van der Waals surface area (Å²) in [4.78, 5) is 0. The van der Waals surface area contributed by atoms with Gasteiger partial charge in [0, 0.05) is 37.4 Å². The van der Waals surface area contributed by atoms with E-state index in [0.717, 1.165) is 0 Å². The molecule has 8 atom stereocenters. The van der Waals surface area contributed by atoms with Gasteiger partial charge in [-0.25, -0.2) is 0 Å². The highest BCUT2D eigenvalue weighted by molar-refractivity contribution is 4.86. The van der Waals surface area contributed by atoms with Gasteiger partial charge in [-0.2, -0.15) is 0 Å². The van der Waals surface area contributed by atoms with Crippen LogP contribution in [0.5, 0.6) is 0 Å². The van der Waals surface area contributed by atoms with Gasteiger partial charge in [-0.15, -0.1) is 0 Å². The van der Waals surface area contributed by atoms with E-state index in [9.17, 15) is 20.4 Å². The molecule has 0 aromatic rings. The predicted molar refractivity (Wildman–Crippen MR) is 79.6 cm³/mol. The second-order valence-corrected chi connectivity index (χ2v) is 6.17. The van der Waals surface area contributed by atoms with Crippen molar-refractivity contribution in [1.82, 2.24) is 0 Å². The zero-order valence-corrected chi connectivity index (χ0v) is 13.7. The maximum atomic E-state index is 10.3. The molecule has 128 valence electrons. The lowest BCUT2D eigenvalue weighted by molar-refractivity contribution is -0.0974. The summed E-state index contributed by atoms with van der Waals surface area (Å²) < 4.78 is 5.10. The number of aliphatic hydroxyl groups is 5. The van der Waals surface area contributed by atoms with Crippen LogP contribution >= 0.6 is 0 Å². The number of methoxy groups -OCH3 is 1. The van der Waals surface area contributed by atoms with E-state index in [1.807, 2.05) is 0 Å². The van der Waals surface area contributed by atoms with E-state index in [0.29, 0.717) is 0 Å². The first-order valence-corrected chi connectivity index (χ1v) is 7.51. The molecule has 0 aliphatic carbocycles. The van der Waals surface area contributed by atoms with Gasteiger partial charge in [0.25, 0.3) is 0 Å². The molecule has 6 heteroatoms. The van der Waals surface area contributed by atoms with Crippen LogP contribution in [0, 0.1) is 23.7 Å². The van der Waals surface area contributed by atoms with Crippen molar-refractivity contribution >= 4 is 0 Å². The molecule has 0 rings (SSSR count). The Labute approximate surface area is 127 Å². The molecule has 0 aliphatic heterocycles. The summed E-state index contributed by atoms with van der Waals surface area (Å²) in [5.74, 6) is -1.69. The molecular weight excluding hydrogens is 276 g/mol. The molecule has 6 nitrogen and oxygen atoms in total. The van der Waals surface area contributed by atoms with Crippen molar-refractivity contribution in [2.45, 2.75) is 52.1 Å². The Morgan fingerprint density at radius 1 is 0.714 bits per heavy atom. The topological polar surface area (TPSA) is 110 Å². The molecule has 0 heterocycles. The van der Waals surface area contributed by atoms with Gasteiger partial charge in [-0.1, -0.05) is 27.7 Å². The lowest BCUT2D eigenvalue weighted by atomic mass is 9.79. The fourth-order valence-corrected chi connectivity index (χ4v) is 2.66. The average Bonchev–Trinajstić information content (AvgIpc) is 2.51. The predicted octanol–water partition coefficient (Wildman–Crippen LogP) is -0.387. The van der Waals surface area contributed by atoms with E-state index in [4.69, 9.17) is 9.84 Å². The van der Waals surface area contributed by atoms with Crippen molar-refractivity contribution in [2.75, 3.05) is 20.3 Å². The maximum absolute atomic E-state index is 10.3. The van der Waals surface area contributed by atoms with Crippen molar-refractivity contribution in [3.05, 3.63) is 0 Å². The van der Waals surface area contributed by atoms with Crippen LogP contribution in [-0.2, 0) is 4.74 Å². The highest BCUT2D eigenvalue weighted by Crippen LogP contribution is 2.27. The van der Waals surface area contributed by atoms with Gasteiger partial charge in [0.2, 0.25) is 0 Å². The van der Waals surface area contributed by atoms with Crippen LogP contribution in [0.4, 0.5) is 0 Å². The second kappa shape index (κ2) is 9.71. The van der Waals surface area contributed by atoms with Gasteiger partial charge in [-0.3, -0.25) is 0 Å². The summed E-state index contributed by atoms with van der Waals surface area (Å²) in [6.45, 7) is 6.46. The summed E-state index contributed by atoms with van der Waals surface area (Å²) in [5, 5.41) is 49.0. The van der Waals surface area contributed by atoms with E-state index in [1.54, 1.807) is 27.7 Å². The lowest BCUT2D eigenvalue weighted by Crippen LogP contribution is -2.46. The molecule has 0 fully saturated rings. The van der Waals surface area contributed by atoms with Gasteiger partial charge in [0.15, 0.2) is 0 Å². The molecule has 0 spiro atoms.